The number of amides is 2. The summed E-state index contributed by atoms with van der Waals surface area (Å²) in [5.41, 5.74) is 6.83. The van der Waals surface area contributed by atoms with Crippen molar-refractivity contribution in [3.05, 3.63) is 88.5 Å². The van der Waals surface area contributed by atoms with Crippen LogP contribution in [0.4, 0.5) is 32.0 Å². The van der Waals surface area contributed by atoms with Gasteiger partial charge in [-0.15, -0.1) is 0 Å². The van der Waals surface area contributed by atoms with E-state index in [0.29, 0.717) is 47.8 Å². The third-order valence-electron chi connectivity index (χ3n) is 6.48. The minimum atomic E-state index is -4.53. The summed E-state index contributed by atoms with van der Waals surface area (Å²) in [4.78, 5) is 31.0. The van der Waals surface area contributed by atoms with Crippen LogP contribution in [-0.2, 0) is 6.18 Å². The fraction of sp³-hybridized carbons (Fsp3) is 0.276. The van der Waals surface area contributed by atoms with Gasteiger partial charge < -0.3 is 20.7 Å². The maximum atomic E-state index is 12.8. The third kappa shape index (κ3) is 7.80. The number of aliphatic imine (C=N–C) groups is 1. The van der Waals surface area contributed by atoms with E-state index in [0.717, 1.165) is 12.1 Å². The monoisotopic (exact) mass is 592 g/mol. The average Bonchev–Trinajstić information content (AvgIpc) is 2.89. The summed E-state index contributed by atoms with van der Waals surface area (Å²) < 4.78 is 81.0. The molecule has 222 valence electrons. The number of benzene rings is 3. The lowest BCUT2D eigenvalue weighted by Gasteiger charge is -2.38. The quantitative estimate of drug-likeness (QED) is 0.194. The standard InChI is InChI=1S/C29H26F6N4O3/c1-17-10-25(36)20(11-24(17)26(40)38-16-28(30,31)32)13-37-12-18-14-39(15-18)27(41)19-2-6-22(7-3-19)42-23-8-4-21(5-9-23)29(33,34)35/h2-11,13,18H,12,14-16,36H2,1H3,(H,38,40). The largest absolute Gasteiger partial charge is 0.457 e. The number of alkyl halides is 6. The molecule has 13 heteroatoms. The lowest BCUT2D eigenvalue weighted by molar-refractivity contribution is -0.137. The zero-order chi connectivity index (χ0) is 30.7. The van der Waals surface area contributed by atoms with Crippen LogP contribution in [0.25, 0.3) is 0 Å². The first-order valence-corrected chi connectivity index (χ1v) is 12.7. The Labute approximate surface area is 237 Å². The van der Waals surface area contributed by atoms with Crippen molar-refractivity contribution in [1.29, 1.82) is 0 Å². The van der Waals surface area contributed by atoms with Crippen LogP contribution in [0.1, 0.15) is 37.4 Å². The summed E-state index contributed by atoms with van der Waals surface area (Å²) in [7, 11) is 0. The van der Waals surface area contributed by atoms with Gasteiger partial charge in [-0.05, 0) is 73.2 Å². The van der Waals surface area contributed by atoms with Gasteiger partial charge in [0.2, 0.25) is 0 Å². The second-order valence-corrected chi connectivity index (χ2v) is 9.81. The number of hydrogen-bond acceptors (Lipinski definition) is 5. The topological polar surface area (TPSA) is 97.0 Å². The highest BCUT2D eigenvalue weighted by Crippen LogP contribution is 2.31. The van der Waals surface area contributed by atoms with E-state index in [1.165, 1.54) is 30.5 Å². The molecule has 7 nitrogen and oxygen atoms in total. The number of likely N-dealkylation sites (tertiary alicyclic amines) is 1. The second-order valence-electron chi connectivity index (χ2n) is 9.81. The predicted octanol–water partition coefficient (Wildman–Crippen LogP) is 5.87. The number of nitrogens with zero attached hydrogens (tertiary/aromatic N) is 2. The first-order valence-electron chi connectivity index (χ1n) is 12.7. The Balaban J connectivity index is 1.27. The fourth-order valence-corrected chi connectivity index (χ4v) is 4.23. The zero-order valence-electron chi connectivity index (χ0n) is 22.2. The molecule has 0 bridgehead atoms. The van der Waals surface area contributed by atoms with E-state index < -0.39 is 30.4 Å². The van der Waals surface area contributed by atoms with Crippen molar-refractivity contribution in [2.45, 2.75) is 19.3 Å². The molecule has 0 aliphatic carbocycles. The summed E-state index contributed by atoms with van der Waals surface area (Å²) in [5, 5.41) is 1.84. The van der Waals surface area contributed by atoms with Crippen LogP contribution >= 0.6 is 0 Å². The second kappa shape index (κ2) is 12.1. The summed E-state index contributed by atoms with van der Waals surface area (Å²) >= 11 is 0. The highest BCUT2D eigenvalue weighted by Gasteiger charge is 2.32. The third-order valence-corrected chi connectivity index (χ3v) is 6.48. The van der Waals surface area contributed by atoms with E-state index in [1.54, 1.807) is 36.1 Å². The summed E-state index contributed by atoms with van der Waals surface area (Å²) in [6.07, 6.45) is -7.52. The van der Waals surface area contributed by atoms with Gasteiger partial charge in [0.05, 0.1) is 5.56 Å². The van der Waals surface area contributed by atoms with Crippen LogP contribution in [0.5, 0.6) is 11.5 Å². The van der Waals surface area contributed by atoms with Crippen molar-refractivity contribution in [1.82, 2.24) is 10.2 Å². The highest BCUT2D eigenvalue weighted by atomic mass is 19.4. The van der Waals surface area contributed by atoms with E-state index >= 15 is 0 Å². The first-order chi connectivity index (χ1) is 19.7. The zero-order valence-corrected chi connectivity index (χ0v) is 22.2. The molecule has 1 aliphatic rings. The molecular formula is C29H26F6N4O3. The molecule has 1 aliphatic heterocycles. The molecule has 0 atom stereocenters. The van der Waals surface area contributed by atoms with Crippen molar-refractivity contribution >= 4 is 23.7 Å². The first kappa shape index (κ1) is 30.4. The maximum Gasteiger partial charge on any atom is 0.416 e. The highest BCUT2D eigenvalue weighted by molar-refractivity contribution is 5.99. The van der Waals surface area contributed by atoms with Gasteiger partial charge in [-0.2, -0.15) is 26.3 Å². The molecule has 42 heavy (non-hydrogen) atoms. The van der Waals surface area contributed by atoms with E-state index in [9.17, 15) is 35.9 Å². The SMILES string of the molecule is Cc1cc(N)c(C=NCC2CN(C(=O)c3ccc(Oc4ccc(C(F)(F)F)cc4)cc3)C2)cc1C(=O)NCC(F)(F)F. The number of halogens is 6. The molecule has 1 saturated heterocycles. The van der Waals surface area contributed by atoms with Crippen LogP contribution in [-0.4, -0.2) is 55.3 Å². The Morgan fingerprint density at radius 1 is 1.00 bits per heavy atom. The van der Waals surface area contributed by atoms with Gasteiger partial charge in [-0.25, -0.2) is 0 Å². The number of anilines is 1. The Hall–Kier alpha value is -4.55. The summed E-state index contributed by atoms with van der Waals surface area (Å²) in [5.74, 6) is -0.408. The number of ether oxygens (including phenoxy) is 1. The van der Waals surface area contributed by atoms with Gasteiger partial charge in [0.25, 0.3) is 11.8 Å². The van der Waals surface area contributed by atoms with E-state index in [4.69, 9.17) is 10.5 Å². The summed E-state index contributed by atoms with van der Waals surface area (Å²) in [6.45, 7) is 1.39. The van der Waals surface area contributed by atoms with Crippen LogP contribution in [0.2, 0.25) is 0 Å². The van der Waals surface area contributed by atoms with Gasteiger partial charge in [-0.3, -0.25) is 14.6 Å². The molecule has 0 radical (unpaired) electrons. The number of nitrogen functional groups attached to an aromatic ring is 1. The number of aryl methyl sites for hydroxylation is 1. The van der Waals surface area contributed by atoms with Gasteiger partial charge in [0.1, 0.15) is 18.0 Å². The van der Waals surface area contributed by atoms with Gasteiger partial charge in [0, 0.05) is 54.1 Å². The molecule has 0 aromatic heterocycles. The van der Waals surface area contributed by atoms with Crippen LogP contribution in [0.3, 0.4) is 0 Å². The lowest BCUT2D eigenvalue weighted by atomic mass is 9.99. The lowest BCUT2D eigenvalue weighted by Crippen LogP contribution is -2.51. The molecule has 3 aromatic carbocycles. The van der Waals surface area contributed by atoms with Crippen molar-refractivity contribution in [3.8, 4) is 11.5 Å². The smallest absolute Gasteiger partial charge is 0.416 e. The van der Waals surface area contributed by atoms with Crippen LogP contribution in [0, 0.1) is 12.8 Å². The maximum absolute atomic E-state index is 12.8. The van der Waals surface area contributed by atoms with Gasteiger partial charge >= 0.3 is 12.4 Å². The number of carbonyl (C=O) groups excluding carboxylic acids is 2. The minimum absolute atomic E-state index is 0.0612. The average molecular weight is 593 g/mol. The molecular weight excluding hydrogens is 566 g/mol. The summed E-state index contributed by atoms with van der Waals surface area (Å²) in [6, 6.07) is 13.4. The molecule has 1 fully saturated rings. The Kier molecular flexibility index (Phi) is 8.78. The predicted molar refractivity (Wildman–Crippen MR) is 144 cm³/mol. The van der Waals surface area contributed by atoms with E-state index in [2.05, 4.69) is 4.99 Å². The van der Waals surface area contributed by atoms with Gasteiger partial charge in [-0.1, -0.05) is 0 Å². The number of nitrogens with one attached hydrogen (secondary N) is 1. The molecule has 0 unspecified atom stereocenters. The number of nitrogens with two attached hydrogens (primary N) is 1. The van der Waals surface area contributed by atoms with Crippen LogP contribution < -0.4 is 15.8 Å². The number of hydrogen-bond donors (Lipinski definition) is 2. The molecule has 4 rings (SSSR count). The molecule has 0 saturated carbocycles. The van der Waals surface area contributed by atoms with Crippen molar-refractivity contribution < 1.29 is 40.7 Å². The van der Waals surface area contributed by atoms with Crippen molar-refractivity contribution in [3.63, 3.8) is 0 Å². The normalized spacial score (nSPS) is 14.1. The van der Waals surface area contributed by atoms with Crippen molar-refractivity contribution in [2.24, 2.45) is 10.9 Å². The molecule has 0 spiro atoms. The van der Waals surface area contributed by atoms with Gasteiger partial charge in [0.15, 0.2) is 0 Å². The minimum Gasteiger partial charge on any atom is -0.457 e. The fourth-order valence-electron chi connectivity index (χ4n) is 4.23. The molecule has 3 aromatic rings. The Morgan fingerprint density at radius 3 is 2.17 bits per heavy atom. The Morgan fingerprint density at radius 2 is 1.60 bits per heavy atom. The van der Waals surface area contributed by atoms with Crippen LogP contribution in [0.15, 0.2) is 65.7 Å². The van der Waals surface area contributed by atoms with E-state index in [-0.39, 0.29) is 23.1 Å². The van der Waals surface area contributed by atoms with E-state index in [1.807, 2.05) is 5.32 Å². The molecule has 3 N–H and O–H groups in total. The number of rotatable bonds is 8. The Bertz CT molecular complexity index is 1460. The molecule has 2 amide bonds. The van der Waals surface area contributed by atoms with Crippen molar-refractivity contribution in [2.75, 3.05) is 31.9 Å². The molecule has 1 heterocycles. The number of carbonyl (C=O) groups is 2.